The Kier molecular flexibility index (Phi) is 5.92. The van der Waals surface area contributed by atoms with E-state index in [1.165, 1.54) is 6.92 Å². The molecule has 1 fully saturated rings. The van der Waals surface area contributed by atoms with Crippen LogP contribution in [-0.4, -0.2) is 58.2 Å². The first-order valence-electron chi connectivity index (χ1n) is 9.09. The maximum atomic E-state index is 11.4. The summed E-state index contributed by atoms with van der Waals surface area (Å²) in [5.41, 5.74) is 2.21. The largest absolute Gasteiger partial charge is 0.395 e. The van der Waals surface area contributed by atoms with Gasteiger partial charge in [-0.05, 0) is 23.1 Å². The van der Waals surface area contributed by atoms with E-state index in [1.807, 2.05) is 54.6 Å². The smallest absolute Gasteiger partial charge is 0.216 e. The van der Waals surface area contributed by atoms with Gasteiger partial charge in [-0.15, -0.1) is 0 Å². The van der Waals surface area contributed by atoms with Crippen LogP contribution in [0, 0.1) is 0 Å². The van der Waals surface area contributed by atoms with Gasteiger partial charge in [0.15, 0.2) is 0 Å². The Labute approximate surface area is 158 Å². The molecule has 2 aromatic carbocycles. The fourth-order valence-electron chi connectivity index (χ4n) is 3.71. The molecule has 144 valence electrons. The molecule has 1 heterocycles. The number of rotatable bonds is 6. The van der Waals surface area contributed by atoms with Gasteiger partial charge in [0.1, 0.15) is 6.10 Å². The Balaban J connectivity index is 1.83. The summed E-state index contributed by atoms with van der Waals surface area (Å²) in [6.07, 6.45) is -1.82. The molecule has 1 amide bonds. The van der Waals surface area contributed by atoms with Gasteiger partial charge in [-0.1, -0.05) is 54.6 Å². The number of carbonyl (C=O) groups is 1. The van der Waals surface area contributed by atoms with E-state index in [9.17, 15) is 20.1 Å². The second kappa shape index (κ2) is 8.19. The van der Waals surface area contributed by atoms with Crippen molar-refractivity contribution < 1.29 is 20.1 Å². The van der Waals surface area contributed by atoms with Gasteiger partial charge in [-0.3, -0.25) is 10.1 Å². The molecule has 0 bridgehead atoms. The first-order chi connectivity index (χ1) is 12.9. The molecule has 0 unspecified atom stereocenters. The quantitative estimate of drug-likeness (QED) is 0.508. The normalized spacial score (nSPS) is 27.5. The van der Waals surface area contributed by atoms with Crippen molar-refractivity contribution in [3.63, 3.8) is 0 Å². The van der Waals surface area contributed by atoms with Crippen LogP contribution < -0.4 is 10.6 Å². The highest BCUT2D eigenvalue weighted by Crippen LogP contribution is 2.29. The number of hydrogen-bond donors (Lipinski definition) is 5. The molecule has 27 heavy (non-hydrogen) atoms. The Morgan fingerprint density at radius 2 is 1.70 bits per heavy atom. The molecule has 1 aliphatic heterocycles. The third kappa shape index (κ3) is 4.20. The summed E-state index contributed by atoms with van der Waals surface area (Å²) in [6.45, 7) is 1.26. The Hall–Kier alpha value is -2.25. The van der Waals surface area contributed by atoms with Crippen LogP contribution in [0.25, 0.3) is 11.1 Å². The molecule has 2 aromatic rings. The number of hydrogen-bond acceptors (Lipinski definition) is 5. The molecule has 0 radical (unpaired) electrons. The monoisotopic (exact) mass is 370 g/mol. The van der Waals surface area contributed by atoms with Crippen molar-refractivity contribution in [2.75, 3.05) is 13.2 Å². The summed E-state index contributed by atoms with van der Waals surface area (Å²) in [7, 11) is 0. The van der Waals surface area contributed by atoms with E-state index in [2.05, 4.69) is 10.6 Å². The van der Waals surface area contributed by atoms with Crippen LogP contribution in [0.4, 0.5) is 0 Å². The average Bonchev–Trinajstić information content (AvgIpc) is 2.93. The molecular formula is C21H26N2O4. The van der Waals surface area contributed by atoms with Crippen molar-refractivity contribution in [3.05, 3.63) is 60.2 Å². The highest BCUT2D eigenvalue weighted by atomic mass is 16.3. The molecular weight excluding hydrogens is 344 g/mol. The second-order valence-corrected chi connectivity index (χ2v) is 7.17. The van der Waals surface area contributed by atoms with Crippen molar-refractivity contribution >= 4 is 5.91 Å². The van der Waals surface area contributed by atoms with E-state index in [1.54, 1.807) is 0 Å². The summed E-state index contributed by atoms with van der Waals surface area (Å²) in [5, 5.41) is 36.2. The Morgan fingerprint density at radius 1 is 1.07 bits per heavy atom. The predicted octanol–water partition coefficient (Wildman–Crippen LogP) is 0.457. The number of aliphatic hydroxyl groups excluding tert-OH is 3. The lowest BCUT2D eigenvalue weighted by Crippen LogP contribution is -2.58. The fourth-order valence-corrected chi connectivity index (χ4v) is 3.71. The zero-order chi connectivity index (χ0) is 19.4. The minimum Gasteiger partial charge on any atom is -0.395 e. The average molecular weight is 370 g/mol. The summed E-state index contributed by atoms with van der Waals surface area (Å²) in [5.74, 6) is -0.218. The molecule has 3 rings (SSSR count). The SMILES string of the molecule is CC(=O)NC[C@@]1(Cc2ccc(-c3ccccc3)cc2)N[C@H](CO)[C@@H](O)[C@@H]1O. The van der Waals surface area contributed by atoms with Crippen LogP contribution in [-0.2, 0) is 11.2 Å². The maximum Gasteiger partial charge on any atom is 0.216 e. The highest BCUT2D eigenvalue weighted by Gasteiger charge is 2.51. The van der Waals surface area contributed by atoms with Crippen LogP contribution in [0.2, 0.25) is 0 Å². The first kappa shape index (κ1) is 19.5. The van der Waals surface area contributed by atoms with Crippen molar-refractivity contribution in [2.45, 2.75) is 37.1 Å². The Morgan fingerprint density at radius 3 is 2.26 bits per heavy atom. The van der Waals surface area contributed by atoms with Gasteiger partial charge in [0, 0.05) is 13.5 Å². The van der Waals surface area contributed by atoms with Gasteiger partial charge in [-0.25, -0.2) is 0 Å². The second-order valence-electron chi connectivity index (χ2n) is 7.17. The van der Waals surface area contributed by atoms with E-state index >= 15 is 0 Å². The van der Waals surface area contributed by atoms with Gasteiger partial charge in [0.2, 0.25) is 5.91 Å². The third-order valence-electron chi connectivity index (χ3n) is 5.20. The zero-order valence-corrected chi connectivity index (χ0v) is 15.3. The fraction of sp³-hybridized carbons (Fsp3) is 0.381. The maximum absolute atomic E-state index is 11.4. The molecule has 0 saturated carbocycles. The minimum absolute atomic E-state index is 0.150. The number of benzene rings is 2. The highest BCUT2D eigenvalue weighted by molar-refractivity contribution is 5.73. The number of carbonyl (C=O) groups excluding carboxylic acids is 1. The molecule has 6 nitrogen and oxygen atoms in total. The minimum atomic E-state index is -1.12. The number of nitrogens with one attached hydrogen (secondary N) is 2. The van der Waals surface area contributed by atoms with Crippen LogP contribution in [0.3, 0.4) is 0 Å². The third-order valence-corrected chi connectivity index (χ3v) is 5.20. The molecule has 0 aromatic heterocycles. The van der Waals surface area contributed by atoms with Crippen molar-refractivity contribution in [3.8, 4) is 11.1 Å². The molecule has 6 heteroatoms. The lowest BCUT2D eigenvalue weighted by molar-refractivity contribution is -0.119. The summed E-state index contributed by atoms with van der Waals surface area (Å²) >= 11 is 0. The summed E-state index contributed by atoms with van der Waals surface area (Å²) in [6, 6.07) is 17.4. The van der Waals surface area contributed by atoms with Gasteiger partial charge in [-0.2, -0.15) is 0 Å². The van der Waals surface area contributed by atoms with Gasteiger partial charge >= 0.3 is 0 Å². The summed E-state index contributed by atoms with van der Waals surface area (Å²) < 4.78 is 0. The van der Waals surface area contributed by atoms with E-state index < -0.39 is 23.8 Å². The van der Waals surface area contributed by atoms with Crippen LogP contribution in [0.5, 0.6) is 0 Å². The Bertz CT molecular complexity index is 766. The van der Waals surface area contributed by atoms with E-state index in [-0.39, 0.29) is 19.1 Å². The van der Waals surface area contributed by atoms with E-state index in [0.29, 0.717) is 6.42 Å². The van der Waals surface area contributed by atoms with Crippen molar-refractivity contribution in [1.29, 1.82) is 0 Å². The topological polar surface area (TPSA) is 102 Å². The first-order valence-corrected chi connectivity index (χ1v) is 9.09. The predicted molar refractivity (Wildman–Crippen MR) is 103 cm³/mol. The number of amides is 1. The van der Waals surface area contributed by atoms with Crippen LogP contribution in [0.15, 0.2) is 54.6 Å². The molecule has 1 saturated heterocycles. The van der Waals surface area contributed by atoms with Crippen LogP contribution in [0.1, 0.15) is 12.5 Å². The molecule has 1 aliphatic rings. The zero-order valence-electron chi connectivity index (χ0n) is 15.3. The van der Waals surface area contributed by atoms with Crippen molar-refractivity contribution in [2.24, 2.45) is 0 Å². The van der Waals surface area contributed by atoms with E-state index in [0.717, 1.165) is 16.7 Å². The summed E-state index contributed by atoms with van der Waals surface area (Å²) in [4.78, 5) is 11.4. The number of aliphatic hydroxyl groups is 3. The van der Waals surface area contributed by atoms with E-state index in [4.69, 9.17) is 0 Å². The van der Waals surface area contributed by atoms with Gasteiger partial charge in [0.05, 0.1) is 24.3 Å². The lowest BCUT2D eigenvalue weighted by atomic mass is 9.85. The lowest BCUT2D eigenvalue weighted by Gasteiger charge is -2.34. The molecule has 5 N–H and O–H groups in total. The van der Waals surface area contributed by atoms with Gasteiger partial charge in [0.25, 0.3) is 0 Å². The molecule has 0 aliphatic carbocycles. The van der Waals surface area contributed by atoms with Gasteiger partial charge < -0.3 is 20.6 Å². The standard InChI is InChI=1S/C21H26N2O4/c1-14(25)22-13-21(20(27)19(26)18(12-24)23-21)11-15-7-9-17(10-8-15)16-5-3-2-4-6-16/h2-10,18-20,23-24,26-27H,11-13H2,1H3,(H,22,25)/t18-,19-,20+,21-/m1/s1. The van der Waals surface area contributed by atoms with Crippen LogP contribution >= 0.6 is 0 Å². The molecule has 0 spiro atoms. The molecule has 4 atom stereocenters. The van der Waals surface area contributed by atoms with Crippen molar-refractivity contribution in [1.82, 2.24) is 10.6 Å².